The van der Waals surface area contributed by atoms with Crippen molar-refractivity contribution in [3.63, 3.8) is 0 Å². The van der Waals surface area contributed by atoms with Crippen molar-refractivity contribution in [2.45, 2.75) is 39.5 Å². The highest BCUT2D eigenvalue weighted by molar-refractivity contribution is 5.59. The van der Waals surface area contributed by atoms with Gasteiger partial charge in [-0.05, 0) is 30.5 Å². The minimum atomic E-state index is -0.346. The number of benzene rings is 1. The lowest BCUT2D eigenvalue weighted by atomic mass is 10.0. The Bertz CT molecular complexity index is 674. The fourth-order valence-electron chi connectivity index (χ4n) is 2.57. The van der Waals surface area contributed by atoms with Gasteiger partial charge in [0.05, 0.1) is 24.1 Å². The Kier molecular flexibility index (Phi) is 7.05. The molecule has 0 aliphatic heterocycles. The van der Waals surface area contributed by atoms with E-state index in [4.69, 9.17) is 4.74 Å². The third kappa shape index (κ3) is 5.08. The van der Waals surface area contributed by atoms with Crippen molar-refractivity contribution < 1.29 is 14.2 Å². The quantitative estimate of drug-likeness (QED) is 0.765. The zero-order chi connectivity index (χ0) is 18.4. The highest BCUT2D eigenvalue weighted by Crippen LogP contribution is 2.23. The molecule has 2 atom stereocenters. The van der Waals surface area contributed by atoms with E-state index in [1.165, 1.54) is 6.07 Å². The molecule has 0 aliphatic carbocycles. The van der Waals surface area contributed by atoms with Crippen LogP contribution in [0.25, 0.3) is 11.3 Å². The van der Waals surface area contributed by atoms with E-state index in [1.54, 1.807) is 13.2 Å². The van der Waals surface area contributed by atoms with Crippen LogP contribution >= 0.6 is 0 Å². The Morgan fingerprint density at radius 1 is 1.12 bits per heavy atom. The van der Waals surface area contributed by atoms with Gasteiger partial charge in [-0.1, -0.05) is 38.1 Å². The molecule has 0 spiro atoms. The van der Waals surface area contributed by atoms with Crippen molar-refractivity contribution in [3.8, 4) is 11.3 Å². The molecule has 0 saturated carbocycles. The molecule has 1 heterocycles. The standard InChI is InChI=1S/C20H27FN2O2/c1-13(2)20(12-24)22-11-19-17(21)9-10-18(23-19)16-7-5-15(6-8-16)14(3)25-4/h5-10,13-14,20,22,24H,11-12H2,1-4H3/t14?,20-/m0/s1. The summed E-state index contributed by atoms with van der Waals surface area (Å²) in [5.74, 6) is -0.0899. The van der Waals surface area contributed by atoms with Gasteiger partial charge in [0.25, 0.3) is 0 Å². The lowest BCUT2D eigenvalue weighted by Crippen LogP contribution is -2.36. The fraction of sp³-hybridized carbons (Fsp3) is 0.450. The van der Waals surface area contributed by atoms with Gasteiger partial charge in [0.15, 0.2) is 0 Å². The van der Waals surface area contributed by atoms with Crippen molar-refractivity contribution in [2.24, 2.45) is 5.92 Å². The van der Waals surface area contributed by atoms with Gasteiger partial charge in [0, 0.05) is 25.3 Å². The zero-order valence-corrected chi connectivity index (χ0v) is 15.3. The maximum absolute atomic E-state index is 14.1. The molecule has 25 heavy (non-hydrogen) atoms. The van der Waals surface area contributed by atoms with E-state index >= 15 is 0 Å². The summed E-state index contributed by atoms with van der Waals surface area (Å²) in [6.45, 7) is 6.30. The van der Waals surface area contributed by atoms with Crippen molar-refractivity contribution >= 4 is 0 Å². The minimum absolute atomic E-state index is 0.0120. The fourth-order valence-corrected chi connectivity index (χ4v) is 2.57. The summed E-state index contributed by atoms with van der Waals surface area (Å²) in [5.41, 5.74) is 3.08. The maximum Gasteiger partial charge on any atom is 0.146 e. The Morgan fingerprint density at radius 3 is 2.36 bits per heavy atom. The van der Waals surface area contributed by atoms with E-state index in [0.29, 0.717) is 5.69 Å². The summed E-state index contributed by atoms with van der Waals surface area (Å²) in [5, 5.41) is 12.5. The summed E-state index contributed by atoms with van der Waals surface area (Å²) in [6, 6.07) is 11.0. The summed E-state index contributed by atoms with van der Waals surface area (Å²) in [7, 11) is 1.68. The average molecular weight is 346 g/mol. The number of pyridine rings is 1. The third-order valence-corrected chi connectivity index (χ3v) is 4.48. The van der Waals surface area contributed by atoms with Crippen LogP contribution in [0, 0.1) is 11.7 Å². The van der Waals surface area contributed by atoms with E-state index < -0.39 is 0 Å². The predicted molar refractivity (Wildman–Crippen MR) is 97.6 cm³/mol. The molecule has 0 aliphatic rings. The van der Waals surface area contributed by atoms with Crippen molar-refractivity contribution in [2.75, 3.05) is 13.7 Å². The normalized spacial score (nSPS) is 13.9. The summed E-state index contributed by atoms with van der Waals surface area (Å²) < 4.78 is 19.4. The van der Waals surface area contributed by atoms with Crippen molar-refractivity contribution in [1.29, 1.82) is 0 Å². The van der Waals surface area contributed by atoms with Crippen molar-refractivity contribution in [3.05, 3.63) is 53.5 Å². The molecular formula is C20H27FN2O2. The van der Waals surface area contributed by atoms with Crippen LogP contribution in [0.1, 0.15) is 38.1 Å². The number of ether oxygens (including phenoxy) is 1. The highest BCUT2D eigenvalue weighted by Gasteiger charge is 2.14. The van der Waals surface area contributed by atoms with Gasteiger partial charge in [-0.25, -0.2) is 9.37 Å². The van der Waals surface area contributed by atoms with E-state index in [1.807, 2.05) is 45.0 Å². The molecule has 136 valence electrons. The summed E-state index contributed by atoms with van der Waals surface area (Å²) in [4.78, 5) is 4.45. The van der Waals surface area contributed by atoms with Crippen LogP contribution in [0.15, 0.2) is 36.4 Å². The summed E-state index contributed by atoms with van der Waals surface area (Å²) >= 11 is 0. The SMILES string of the molecule is COC(C)c1ccc(-c2ccc(F)c(CN[C@@H](CO)C(C)C)n2)cc1. The topological polar surface area (TPSA) is 54.4 Å². The van der Waals surface area contributed by atoms with Gasteiger partial charge in [-0.2, -0.15) is 0 Å². The second kappa shape index (κ2) is 9.04. The van der Waals surface area contributed by atoms with Gasteiger partial charge in [0.2, 0.25) is 0 Å². The Morgan fingerprint density at radius 2 is 1.80 bits per heavy atom. The van der Waals surface area contributed by atoms with Crippen LogP contribution in [0.4, 0.5) is 4.39 Å². The zero-order valence-electron chi connectivity index (χ0n) is 15.3. The number of aliphatic hydroxyl groups excluding tert-OH is 1. The van der Waals surface area contributed by atoms with Gasteiger partial charge in [-0.15, -0.1) is 0 Å². The molecule has 1 aromatic heterocycles. The number of halogens is 1. The first-order valence-electron chi connectivity index (χ1n) is 8.59. The molecule has 0 amide bonds. The van der Waals surface area contributed by atoms with E-state index in [0.717, 1.165) is 16.8 Å². The van der Waals surface area contributed by atoms with Crippen LogP contribution in [0.5, 0.6) is 0 Å². The molecule has 1 unspecified atom stereocenters. The van der Waals surface area contributed by atoms with Crippen LogP contribution in [0.3, 0.4) is 0 Å². The predicted octanol–water partition coefficient (Wildman–Crippen LogP) is 3.70. The Balaban J connectivity index is 2.17. The van der Waals surface area contributed by atoms with Crippen molar-refractivity contribution in [1.82, 2.24) is 10.3 Å². The molecule has 2 N–H and O–H groups in total. The Labute approximate surface area is 149 Å². The van der Waals surface area contributed by atoms with Crippen LogP contribution in [0.2, 0.25) is 0 Å². The average Bonchev–Trinajstić information content (AvgIpc) is 2.62. The maximum atomic E-state index is 14.1. The molecule has 0 bridgehead atoms. The molecular weight excluding hydrogens is 319 g/mol. The van der Waals surface area contributed by atoms with Gasteiger partial charge >= 0.3 is 0 Å². The van der Waals surface area contributed by atoms with Crippen LogP contribution in [-0.4, -0.2) is 29.8 Å². The first kappa shape index (κ1) is 19.5. The largest absolute Gasteiger partial charge is 0.395 e. The molecule has 0 fully saturated rings. The first-order chi connectivity index (χ1) is 12.0. The molecule has 4 nitrogen and oxygen atoms in total. The number of hydrogen-bond donors (Lipinski definition) is 2. The lowest BCUT2D eigenvalue weighted by molar-refractivity contribution is 0.119. The number of aliphatic hydroxyl groups is 1. The minimum Gasteiger partial charge on any atom is -0.395 e. The van der Waals surface area contributed by atoms with E-state index in [-0.39, 0.29) is 37.0 Å². The number of nitrogens with one attached hydrogen (secondary N) is 1. The second-order valence-electron chi connectivity index (χ2n) is 6.54. The molecule has 5 heteroatoms. The number of hydrogen-bond acceptors (Lipinski definition) is 4. The van der Waals surface area contributed by atoms with E-state index in [2.05, 4.69) is 10.3 Å². The highest BCUT2D eigenvalue weighted by atomic mass is 19.1. The van der Waals surface area contributed by atoms with Gasteiger partial charge in [-0.3, -0.25) is 0 Å². The van der Waals surface area contributed by atoms with Gasteiger partial charge < -0.3 is 15.2 Å². The lowest BCUT2D eigenvalue weighted by Gasteiger charge is -2.20. The number of aromatic nitrogens is 1. The molecule has 2 aromatic rings. The molecule has 2 rings (SSSR count). The molecule has 0 radical (unpaired) electrons. The number of methoxy groups -OCH3 is 1. The second-order valence-corrected chi connectivity index (χ2v) is 6.54. The van der Waals surface area contributed by atoms with Crippen LogP contribution < -0.4 is 5.32 Å². The Hall–Kier alpha value is -1.82. The third-order valence-electron chi connectivity index (χ3n) is 4.48. The monoisotopic (exact) mass is 346 g/mol. The first-order valence-corrected chi connectivity index (χ1v) is 8.59. The summed E-state index contributed by atoms with van der Waals surface area (Å²) in [6.07, 6.45) is 0.0291. The number of nitrogens with zero attached hydrogens (tertiary/aromatic N) is 1. The number of rotatable bonds is 8. The molecule has 1 aromatic carbocycles. The van der Waals surface area contributed by atoms with Crippen LogP contribution in [-0.2, 0) is 11.3 Å². The van der Waals surface area contributed by atoms with Gasteiger partial charge in [0.1, 0.15) is 5.82 Å². The smallest absolute Gasteiger partial charge is 0.146 e. The molecule has 0 saturated heterocycles. The van der Waals surface area contributed by atoms with E-state index in [9.17, 15) is 9.50 Å².